The molecule has 0 spiro atoms. The lowest BCUT2D eigenvalue weighted by atomic mass is 10.0. The van der Waals surface area contributed by atoms with Crippen LogP contribution >= 0.6 is 0 Å². The van der Waals surface area contributed by atoms with Gasteiger partial charge in [-0.2, -0.15) is 0 Å². The van der Waals surface area contributed by atoms with Crippen LogP contribution in [0.4, 0.5) is 9.18 Å². The van der Waals surface area contributed by atoms with Gasteiger partial charge in [0.25, 0.3) is 0 Å². The standard InChI is InChI=1S/C15H21FN2O4S/c1-14(2,3)18(13(19)20)12-9-15(12,23(17,21)22)8-10-4-6-11(16)7-5-10/h4-7,12H,8-9H2,1-3H3,(H,19,20)(H2,17,21,22). The van der Waals surface area contributed by atoms with Crippen LogP contribution in [0.1, 0.15) is 32.8 Å². The molecule has 8 heteroatoms. The molecule has 0 saturated heterocycles. The fourth-order valence-electron chi connectivity index (χ4n) is 3.03. The van der Waals surface area contributed by atoms with E-state index in [-0.39, 0.29) is 12.8 Å². The van der Waals surface area contributed by atoms with Gasteiger partial charge in [-0.1, -0.05) is 12.1 Å². The van der Waals surface area contributed by atoms with E-state index < -0.39 is 38.3 Å². The van der Waals surface area contributed by atoms with Crippen LogP contribution in [-0.4, -0.2) is 40.8 Å². The fraction of sp³-hybridized carbons (Fsp3) is 0.533. The number of carbonyl (C=O) groups is 1. The number of sulfonamides is 1. The summed E-state index contributed by atoms with van der Waals surface area (Å²) in [6.07, 6.45) is -1.00. The molecule has 1 aromatic rings. The Morgan fingerprint density at radius 1 is 1.39 bits per heavy atom. The Hall–Kier alpha value is -1.67. The Kier molecular flexibility index (Phi) is 4.19. The molecule has 0 aliphatic heterocycles. The van der Waals surface area contributed by atoms with Crippen molar-refractivity contribution < 1.29 is 22.7 Å². The third-order valence-electron chi connectivity index (χ3n) is 4.21. The Balaban J connectivity index is 2.38. The zero-order valence-electron chi connectivity index (χ0n) is 13.3. The van der Waals surface area contributed by atoms with Crippen molar-refractivity contribution in [3.8, 4) is 0 Å². The molecule has 3 N–H and O–H groups in total. The lowest BCUT2D eigenvalue weighted by molar-refractivity contribution is 0.0927. The van der Waals surface area contributed by atoms with Gasteiger partial charge in [0.2, 0.25) is 10.0 Å². The van der Waals surface area contributed by atoms with Crippen molar-refractivity contribution in [1.82, 2.24) is 4.90 Å². The molecule has 6 nitrogen and oxygen atoms in total. The maximum absolute atomic E-state index is 13.0. The molecule has 1 fully saturated rings. The Morgan fingerprint density at radius 2 is 1.91 bits per heavy atom. The SMILES string of the molecule is CC(C)(C)N(C(=O)O)C1CC1(Cc1ccc(F)cc1)S(N)(=O)=O. The molecule has 2 unspecified atom stereocenters. The number of amides is 1. The third kappa shape index (κ3) is 3.32. The van der Waals surface area contributed by atoms with Crippen molar-refractivity contribution in [2.75, 3.05) is 0 Å². The van der Waals surface area contributed by atoms with Gasteiger partial charge in [-0.3, -0.25) is 4.90 Å². The first-order valence-corrected chi connectivity index (χ1v) is 8.72. The van der Waals surface area contributed by atoms with E-state index in [0.717, 1.165) is 4.90 Å². The second-order valence-electron chi connectivity index (χ2n) is 6.96. The average Bonchev–Trinajstić information content (AvgIpc) is 3.04. The van der Waals surface area contributed by atoms with Gasteiger partial charge >= 0.3 is 6.09 Å². The minimum absolute atomic E-state index is 0.0522. The Morgan fingerprint density at radius 3 is 2.30 bits per heavy atom. The van der Waals surface area contributed by atoms with Gasteiger partial charge in [0, 0.05) is 5.54 Å². The molecule has 23 heavy (non-hydrogen) atoms. The quantitative estimate of drug-likeness (QED) is 0.871. The van der Waals surface area contributed by atoms with E-state index in [1.807, 2.05) is 0 Å². The van der Waals surface area contributed by atoms with Crippen molar-refractivity contribution in [3.63, 3.8) is 0 Å². The van der Waals surface area contributed by atoms with Gasteiger partial charge < -0.3 is 5.11 Å². The molecule has 1 aliphatic carbocycles. The highest BCUT2D eigenvalue weighted by Crippen LogP contribution is 2.50. The van der Waals surface area contributed by atoms with Gasteiger partial charge in [-0.25, -0.2) is 22.7 Å². The van der Waals surface area contributed by atoms with E-state index in [1.165, 1.54) is 24.3 Å². The van der Waals surface area contributed by atoms with Gasteiger partial charge in [0.15, 0.2) is 0 Å². The first-order valence-electron chi connectivity index (χ1n) is 7.17. The highest BCUT2D eigenvalue weighted by atomic mass is 32.2. The average molecular weight is 344 g/mol. The number of primary sulfonamides is 1. The molecular weight excluding hydrogens is 323 g/mol. The highest BCUT2D eigenvalue weighted by Gasteiger charge is 2.67. The summed E-state index contributed by atoms with van der Waals surface area (Å²) in [6, 6.07) is 4.73. The van der Waals surface area contributed by atoms with Crippen LogP contribution in [-0.2, 0) is 16.4 Å². The van der Waals surface area contributed by atoms with Gasteiger partial charge in [0.1, 0.15) is 10.6 Å². The highest BCUT2D eigenvalue weighted by molar-refractivity contribution is 7.91. The van der Waals surface area contributed by atoms with E-state index in [0.29, 0.717) is 5.56 Å². The number of nitrogens with two attached hydrogens (primary N) is 1. The molecule has 1 amide bonds. The van der Waals surface area contributed by atoms with Crippen molar-refractivity contribution in [1.29, 1.82) is 0 Å². The summed E-state index contributed by atoms with van der Waals surface area (Å²) in [4.78, 5) is 12.7. The minimum Gasteiger partial charge on any atom is -0.465 e. The maximum Gasteiger partial charge on any atom is 0.408 e. The lowest BCUT2D eigenvalue weighted by Gasteiger charge is -2.35. The van der Waals surface area contributed by atoms with Crippen molar-refractivity contribution in [2.24, 2.45) is 5.14 Å². The summed E-state index contributed by atoms with van der Waals surface area (Å²) < 4.78 is 35.9. The van der Waals surface area contributed by atoms with Crippen molar-refractivity contribution in [2.45, 2.75) is 49.9 Å². The van der Waals surface area contributed by atoms with E-state index in [4.69, 9.17) is 5.14 Å². The van der Waals surface area contributed by atoms with E-state index >= 15 is 0 Å². The molecule has 2 atom stereocenters. The summed E-state index contributed by atoms with van der Waals surface area (Å²) in [6.45, 7) is 5.10. The smallest absolute Gasteiger partial charge is 0.408 e. The fourth-order valence-corrected chi connectivity index (χ4v) is 4.27. The number of hydrogen-bond donors (Lipinski definition) is 2. The zero-order chi connectivity index (χ0) is 17.6. The summed E-state index contributed by atoms with van der Waals surface area (Å²) >= 11 is 0. The van der Waals surface area contributed by atoms with Crippen LogP contribution in [0.2, 0.25) is 0 Å². The molecule has 1 aliphatic rings. The maximum atomic E-state index is 13.0. The topological polar surface area (TPSA) is 101 Å². The molecule has 0 heterocycles. The van der Waals surface area contributed by atoms with Gasteiger partial charge in [-0.15, -0.1) is 0 Å². The third-order valence-corrected chi connectivity index (χ3v) is 5.93. The van der Waals surface area contributed by atoms with E-state index in [9.17, 15) is 22.7 Å². The number of carboxylic acid groups (broad SMARTS) is 1. The molecule has 2 rings (SSSR count). The van der Waals surface area contributed by atoms with Gasteiger partial charge in [-0.05, 0) is 51.3 Å². The second kappa shape index (κ2) is 5.45. The number of nitrogens with zero attached hydrogens (tertiary/aromatic N) is 1. The molecule has 0 radical (unpaired) electrons. The molecule has 0 bridgehead atoms. The minimum atomic E-state index is -3.99. The van der Waals surface area contributed by atoms with Crippen LogP contribution in [0.15, 0.2) is 24.3 Å². The van der Waals surface area contributed by atoms with E-state index in [1.54, 1.807) is 20.8 Å². The largest absolute Gasteiger partial charge is 0.465 e. The Bertz CT molecular complexity index is 712. The van der Waals surface area contributed by atoms with Crippen LogP contribution in [0.25, 0.3) is 0 Å². The van der Waals surface area contributed by atoms with Crippen molar-refractivity contribution in [3.05, 3.63) is 35.6 Å². The predicted octanol–water partition coefficient (Wildman–Crippen LogP) is 1.95. The molecule has 1 aromatic carbocycles. The summed E-state index contributed by atoms with van der Waals surface area (Å²) in [7, 11) is -3.99. The van der Waals surface area contributed by atoms with E-state index in [2.05, 4.69) is 0 Å². The molecule has 128 valence electrons. The van der Waals surface area contributed by atoms with Crippen molar-refractivity contribution >= 4 is 16.1 Å². The number of benzene rings is 1. The summed E-state index contributed by atoms with van der Waals surface area (Å²) in [5.74, 6) is -0.424. The molecular formula is C15H21FN2O4S. The predicted molar refractivity (Wildman–Crippen MR) is 84.0 cm³/mol. The summed E-state index contributed by atoms with van der Waals surface area (Å²) in [5.41, 5.74) is -0.159. The number of hydrogen-bond acceptors (Lipinski definition) is 3. The Labute approximate surface area is 135 Å². The number of rotatable bonds is 4. The first kappa shape index (κ1) is 17.7. The molecule has 1 saturated carbocycles. The van der Waals surface area contributed by atoms with Crippen LogP contribution in [0.5, 0.6) is 0 Å². The lowest BCUT2D eigenvalue weighted by Crippen LogP contribution is -2.51. The second-order valence-corrected chi connectivity index (χ2v) is 8.86. The van der Waals surface area contributed by atoms with Crippen LogP contribution in [0, 0.1) is 5.82 Å². The monoisotopic (exact) mass is 344 g/mol. The zero-order valence-corrected chi connectivity index (χ0v) is 14.1. The van der Waals surface area contributed by atoms with Crippen LogP contribution in [0.3, 0.4) is 0 Å². The molecule has 0 aromatic heterocycles. The van der Waals surface area contributed by atoms with Crippen LogP contribution < -0.4 is 5.14 Å². The first-order chi connectivity index (χ1) is 10.4. The normalized spacial score (nSPS) is 24.3. The number of halogens is 1. The summed E-state index contributed by atoms with van der Waals surface area (Å²) in [5, 5.41) is 14.9. The van der Waals surface area contributed by atoms with Gasteiger partial charge in [0.05, 0.1) is 6.04 Å².